The quantitative estimate of drug-likeness (QED) is 0.709. The average molecular weight is 223 g/mol. The summed E-state index contributed by atoms with van der Waals surface area (Å²) < 4.78 is 4.56. The summed E-state index contributed by atoms with van der Waals surface area (Å²) in [4.78, 5) is 22.1. The van der Waals surface area contributed by atoms with Gasteiger partial charge in [-0.05, 0) is 18.2 Å². The van der Waals surface area contributed by atoms with Crippen molar-refractivity contribution in [3.8, 4) is 0 Å². The molecule has 0 bridgehead atoms. The molecule has 0 saturated carbocycles. The maximum atomic E-state index is 11.2. The molecule has 5 nitrogen and oxygen atoms in total. The minimum Gasteiger partial charge on any atom is -0.465 e. The molecular weight excluding hydrogens is 210 g/mol. The number of aliphatic hydroxyl groups excluding tert-OH is 1. The normalized spacial score (nSPS) is 9.62. The van der Waals surface area contributed by atoms with Crippen LogP contribution in [0.2, 0.25) is 0 Å². The monoisotopic (exact) mass is 223 g/mol. The zero-order valence-electron chi connectivity index (χ0n) is 8.90. The molecule has 0 atom stereocenters. The molecule has 0 amide bonds. The van der Waals surface area contributed by atoms with Crippen molar-refractivity contribution in [1.82, 2.24) is 0 Å². The Hall–Kier alpha value is -1.88. The molecule has 0 aliphatic rings. The molecule has 5 heteroatoms. The predicted molar refractivity (Wildman–Crippen MR) is 58.4 cm³/mol. The maximum Gasteiger partial charge on any atom is 0.337 e. The van der Waals surface area contributed by atoms with Crippen LogP contribution < -0.4 is 5.32 Å². The fraction of sp³-hybridized carbons (Fsp3) is 0.273. The van der Waals surface area contributed by atoms with Crippen LogP contribution in [0.5, 0.6) is 0 Å². The van der Waals surface area contributed by atoms with E-state index in [-0.39, 0.29) is 12.3 Å². The first kappa shape index (κ1) is 12.2. The number of ether oxygens (including phenoxy) is 1. The second-order valence-corrected chi connectivity index (χ2v) is 3.12. The van der Waals surface area contributed by atoms with Gasteiger partial charge in [0.2, 0.25) is 0 Å². The van der Waals surface area contributed by atoms with Crippen LogP contribution in [0.4, 0.5) is 5.69 Å². The van der Waals surface area contributed by atoms with E-state index < -0.39 is 12.6 Å². The number of Topliss-reactive ketones (excluding diaryl/α,β-unsaturated/α-hetero) is 1. The van der Waals surface area contributed by atoms with Gasteiger partial charge in [0.15, 0.2) is 5.78 Å². The number of benzene rings is 1. The molecule has 1 aromatic carbocycles. The zero-order chi connectivity index (χ0) is 12.0. The second-order valence-electron chi connectivity index (χ2n) is 3.12. The number of aliphatic hydroxyl groups is 1. The topological polar surface area (TPSA) is 75.6 Å². The van der Waals surface area contributed by atoms with Gasteiger partial charge < -0.3 is 15.2 Å². The van der Waals surface area contributed by atoms with Gasteiger partial charge in [-0.25, -0.2) is 4.79 Å². The number of carbonyl (C=O) groups is 2. The Morgan fingerprint density at radius 3 is 2.81 bits per heavy atom. The van der Waals surface area contributed by atoms with Gasteiger partial charge in [0.25, 0.3) is 0 Å². The summed E-state index contributed by atoms with van der Waals surface area (Å²) in [5.74, 6) is -0.749. The number of esters is 1. The van der Waals surface area contributed by atoms with Crippen LogP contribution in [0, 0.1) is 0 Å². The third-order valence-corrected chi connectivity index (χ3v) is 1.95. The van der Waals surface area contributed by atoms with Crippen molar-refractivity contribution in [2.45, 2.75) is 0 Å². The molecule has 0 aromatic heterocycles. The summed E-state index contributed by atoms with van der Waals surface area (Å²) in [7, 11) is 1.30. The minimum absolute atomic E-state index is 0.0289. The van der Waals surface area contributed by atoms with E-state index in [4.69, 9.17) is 5.11 Å². The third-order valence-electron chi connectivity index (χ3n) is 1.95. The predicted octanol–water partition coefficient (Wildman–Crippen LogP) is 0.446. The van der Waals surface area contributed by atoms with E-state index in [1.807, 2.05) is 0 Å². The summed E-state index contributed by atoms with van der Waals surface area (Å²) in [5, 5.41) is 11.3. The fourth-order valence-electron chi connectivity index (χ4n) is 1.13. The van der Waals surface area contributed by atoms with Gasteiger partial charge in [-0.2, -0.15) is 0 Å². The molecule has 86 valence electrons. The lowest BCUT2D eigenvalue weighted by molar-refractivity contribution is -0.120. The molecule has 0 heterocycles. The van der Waals surface area contributed by atoms with Crippen molar-refractivity contribution in [2.75, 3.05) is 25.6 Å². The second kappa shape index (κ2) is 5.87. The van der Waals surface area contributed by atoms with E-state index in [1.165, 1.54) is 7.11 Å². The van der Waals surface area contributed by atoms with Gasteiger partial charge in [-0.3, -0.25) is 4.79 Å². The molecule has 0 aliphatic heterocycles. The SMILES string of the molecule is COC(=O)c1cccc(NCC(=O)CO)c1. The Kier molecular flexibility index (Phi) is 4.47. The Morgan fingerprint density at radius 1 is 1.44 bits per heavy atom. The first-order valence-corrected chi connectivity index (χ1v) is 4.72. The van der Waals surface area contributed by atoms with E-state index in [1.54, 1.807) is 24.3 Å². The smallest absolute Gasteiger partial charge is 0.337 e. The van der Waals surface area contributed by atoms with Gasteiger partial charge in [0.1, 0.15) is 6.61 Å². The van der Waals surface area contributed by atoms with Crippen LogP contribution in [-0.2, 0) is 9.53 Å². The molecule has 0 aliphatic carbocycles. The minimum atomic E-state index is -0.496. The van der Waals surface area contributed by atoms with Crippen molar-refractivity contribution >= 4 is 17.4 Å². The van der Waals surface area contributed by atoms with Gasteiger partial charge >= 0.3 is 5.97 Å². The van der Waals surface area contributed by atoms with Gasteiger partial charge in [-0.15, -0.1) is 0 Å². The van der Waals surface area contributed by atoms with E-state index in [9.17, 15) is 9.59 Å². The number of anilines is 1. The summed E-state index contributed by atoms with van der Waals surface area (Å²) in [6, 6.07) is 6.59. The number of ketones is 1. The molecule has 0 saturated heterocycles. The van der Waals surface area contributed by atoms with E-state index >= 15 is 0 Å². The van der Waals surface area contributed by atoms with Crippen molar-refractivity contribution < 1.29 is 19.4 Å². The van der Waals surface area contributed by atoms with E-state index in [0.29, 0.717) is 11.3 Å². The molecule has 0 fully saturated rings. The molecule has 0 spiro atoms. The third kappa shape index (κ3) is 3.36. The van der Waals surface area contributed by atoms with Crippen molar-refractivity contribution in [2.24, 2.45) is 0 Å². The number of hydrogen-bond donors (Lipinski definition) is 2. The van der Waals surface area contributed by atoms with Crippen molar-refractivity contribution in [3.63, 3.8) is 0 Å². The van der Waals surface area contributed by atoms with Gasteiger partial charge in [-0.1, -0.05) is 6.07 Å². The highest BCUT2D eigenvalue weighted by Gasteiger charge is 2.05. The molecule has 1 aromatic rings. The lowest BCUT2D eigenvalue weighted by atomic mass is 10.2. The number of nitrogens with one attached hydrogen (secondary N) is 1. The highest BCUT2D eigenvalue weighted by molar-refractivity contribution is 5.90. The fourth-order valence-corrected chi connectivity index (χ4v) is 1.13. The summed E-state index contributed by atoms with van der Waals surface area (Å²) >= 11 is 0. The van der Waals surface area contributed by atoms with Crippen molar-refractivity contribution in [1.29, 1.82) is 0 Å². The molecular formula is C11H13NO4. The van der Waals surface area contributed by atoms with Crippen LogP contribution in [0.25, 0.3) is 0 Å². The van der Waals surface area contributed by atoms with Crippen LogP contribution in [0.3, 0.4) is 0 Å². The Morgan fingerprint density at radius 2 is 2.19 bits per heavy atom. The average Bonchev–Trinajstić information content (AvgIpc) is 2.35. The number of rotatable bonds is 5. The first-order valence-electron chi connectivity index (χ1n) is 4.72. The molecule has 0 radical (unpaired) electrons. The lowest BCUT2D eigenvalue weighted by Gasteiger charge is -2.06. The Bertz CT molecular complexity index is 389. The van der Waals surface area contributed by atoms with Crippen LogP contribution >= 0.6 is 0 Å². The van der Waals surface area contributed by atoms with Gasteiger partial charge in [0.05, 0.1) is 19.2 Å². The van der Waals surface area contributed by atoms with Crippen molar-refractivity contribution in [3.05, 3.63) is 29.8 Å². The van der Waals surface area contributed by atoms with E-state index in [0.717, 1.165) is 0 Å². The largest absolute Gasteiger partial charge is 0.465 e. The summed E-state index contributed by atoms with van der Waals surface area (Å²) in [6.07, 6.45) is 0. The van der Waals surface area contributed by atoms with Crippen LogP contribution in [-0.4, -0.2) is 37.1 Å². The first-order chi connectivity index (χ1) is 7.67. The lowest BCUT2D eigenvalue weighted by Crippen LogP contribution is -2.17. The molecule has 1 rings (SSSR count). The number of hydrogen-bond acceptors (Lipinski definition) is 5. The molecule has 0 unspecified atom stereocenters. The zero-order valence-corrected chi connectivity index (χ0v) is 8.90. The summed E-state index contributed by atoms with van der Waals surface area (Å²) in [5.41, 5.74) is 1.04. The van der Waals surface area contributed by atoms with Crippen LogP contribution in [0.15, 0.2) is 24.3 Å². The Labute approximate surface area is 93.0 Å². The number of carbonyl (C=O) groups excluding carboxylic acids is 2. The molecule has 16 heavy (non-hydrogen) atoms. The Balaban J connectivity index is 2.67. The highest BCUT2D eigenvalue weighted by Crippen LogP contribution is 2.11. The highest BCUT2D eigenvalue weighted by atomic mass is 16.5. The van der Waals surface area contributed by atoms with Crippen LogP contribution in [0.1, 0.15) is 10.4 Å². The maximum absolute atomic E-state index is 11.2. The van der Waals surface area contributed by atoms with Gasteiger partial charge in [0, 0.05) is 5.69 Å². The summed E-state index contributed by atoms with van der Waals surface area (Å²) in [6.45, 7) is -0.467. The van der Waals surface area contributed by atoms with E-state index in [2.05, 4.69) is 10.1 Å². The standard InChI is InChI=1S/C11H13NO4/c1-16-11(15)8-3-2-4-9(5-8)12-6-10(14)7-13/h2-5,12-13H,6-7H2,1H3. The molecule has 2 N–H and O–H groups in total. The number of methoxy groups -OCH3 is 1.